The van der Waals surface area contributed by atoms with Crippen molar-refractivity contribution in [3.05, 3.63) is 39.7 Å². The highest BCUT2D eigenvalue weighted by atomic mass is 35.5. The van der Waals surface area contributed by atoms with E-state index in [1.165, 1.54) is 21.7 Å². The van der Waals surface area contributed by atoms with E-state index in [1.807, 2.05) is 6.92 Å². The van der Waals surface area contributed by atoms with Crippen molar-refractivity contribution in [1.82, 2.24) is 14.2 Å². The van der Waals surface area contributed by atoms with Gasteiger partial charge < -0.3 is 4.90 Å². The second-order valence-corrected chi connectivity index (χ2v) is 14.1. The lowest BCUT2D eigenvalue weighted by atomic mass is 9.98. The van der Waals surface area contributed by atoms with Crippen molar-refractivity contribution >= 4 is 65.6 Å². The molecule has 1 atom stereocenters. The Morgan fingerprint density at radius 1 is 1.17 bits per heavy atom. The summed E-state index contributed by atoms with van der Waals surface area (Å²) in [5, 5.41) is 0.681. The predicted molar refractivity (Wildman–Crippen MR) is 150 cm³/mol. The van der Waals surface area contributed by atoms with Crippen LogP contribution in [0.1, 0.15) is 37.8 Å². The largest absolute Gasteiger partial charge is 0.302 e. The zero-order valence-electron chi connectivity index (χ0n) is 21.2. The first-order chi connectivity index (χ1) is 17.1. The number of rotatable bonds is 9. The second-order valence-electron chi connectivity index (χ2n) is 9.20. The fourth-order valence-corrected chi connectivity index (χ4v) is 9.04. The first-order valence-electron chi connectivity index (χ1n) is 12.3. The zero-order chi connectivity index (χ0) is 26.0. The number of nitrogens with zero attached hydrogens (tertiary/aromatic N) is 4. The molecular weight excluding hydrogens is 536 g/mol. The highest BCUT2D eigenvalue weighted by Gasteiger charge is 2.36. The Kier molecular flexibility index (Phi) is 8.74. The Balaban J connectivity index is 1.62. The molecule has 0 bridgehead atoms. The molecule has 1 unspecified atom stereocenters. The topological polar surface area (TPSA) is 73.8 Å². The molecule has 4 rings (SSSR count). The van der Waals surface area contributed by atoms with Gasteiger partial charge in [-0.25, -0.2) is 13.4 Å². The summed E-state index contributed by atoms with van der Waals surface area (Å²) < 4.78 is 29.6. The van der Waals surface area contributed by atoms with E-state index in [2.05, 4.69) is 37.8 Å². The number of carbonyl (C=O) groups is 1. The lowest BCUT2D eigenvalue weighted by Crippen LogP contribution is -2.48. The zero-order valence-corrected chi connectivity index (χ0v) is 24.4. The van der Waals surface area contributed by atoms with E-state index >= 15 is 0 Å². The van der Waals surface area contributed by atoms with E-state index in [1.54, 1.807) is 11.0 Å². The molecule has 1 amide bonds. The molecule has 1 aliphatic rings. The highest BCUT2D eigenvalue weighted by Crippen LogP contribution is 2.35. The van der Waals surface area contributed by atoms with E-state index in [4.69, 9.17) is 16.6 Å². The van der Waals surface area contributed by atoms with E-state index < -0.39 is 15.9 Å². The number of halogens is 1. The van der Waals surface area contributed by atoms with Gasteiger partial charge in [-0.2, -0.15) is 4.31 Å². The number of anilines is 1. The van der Waals surface area contributed by atoms with Gasteiger partial charge in [-0.1, -0.05) is 42.9 Å². The van der Waals surface area contributed by atoms with Crippen molar-refractivity contribution in [3.8, 4) is 0 Å². The van der Waals surface area contributed by atoms with Crippen molar-refractivity contribution in [2.75, 3.05) is 44.2 Å². The van der Waals surface area contributed by atoms with Crippen LogP contribution in [0.5, 0.6) is 0 Å². The number of hydrogen-bond acceptors (Lipinski definition) is 7. The van der Waals surface area contributed by atoms with Gasteiger partial charge in [0.2, 0.25) is 5.91 Å². The summed E-state index contributed by atoms with van der Waals surface area (Å²) in [6.45, 7) is 11.9. The third kappa shape index (κ3) is 5.79. The van der Waals surface area contributed by atoms with Gasteiger partial charge in [0.15, 0.2) is 5.13 Å². The van der Waals surface area contributed by atoms with Gasteiger partial charge in [-0.15, -0.1) is 11.3 Å². The fourth-order valence-electron chi connectivity index (χ4n) is 4.70. The molecule has 0 aliphatic carbocycles. The molecule has 196 valence electrons. The summed E-state index contributed by atoms with van der Waals surface area (Å²) in [5.74, 6) is -0.477. The van der Waals surface area contributed by atoms with Crippen molar-refractivity contribution in [2.24, 2.45) is 5.92 Å². The molecule has 0 N–H and O–H groups in total. The summed E-state index contributed by atoms with van der Waals surface area (Å²) in [4.78, 5) is 22.9. The molecule has 7 nitrogen and oxygen atoms in total. The molecule has 11 heteroatoms. The maximum Gasteiger partial charge on any atom is 0.252 e. The van der Waals surface area contributed by atoms with Crippen LogP contribution in [0.4, 0.5) is 5.13 Å². The smallest absolute Gasteiger partial charge is 0.252 e. The molecule has 3 aromatic rings. The lowest BCUT2D eigenvalue weighted by Gasteiger charge is -2.34. The minimum atomic E-state index is -3.69. The van der Waals surface area contributed by atoms with Crippen LogP contribution in [0.25, 0.3) is 10.2 Å². The van der Waals surface area contributed by atoms with Crippen LogP contribution in [0.3, 0.4) is 0 Å². The van der Waals surface area contributed by atoms with E-state index in [0.29, 0.717) is 35.4 Å². The molecule has 1 aromatic carbocycles. The Morgan fingerprint density at radius 3 is 2.58 bits per heavy atom. The predicted octanol–water partition coefficient (Wildman–Crippen LogP) is 5.40. The number of amides is 1. The quantitative estimate of drug-likeness (QED) is 0.345. The highest BCUT2D eigenvalue weighted by molar-refractivity contribution is 7.91. The summed E-state index contributed by atoms with van der Waals surface area (Å²) >= 11 is 8.58. The molecule has 36 heavy (non-hydrogen) atoms. The van der Waals surface area contributed by atoms with Gasteiger partial charge in [0.1, 0.15) is 4.21 Å². The lowest BCUT2D eigenvalue weighted by molar-refractivity contribution is -0.123. The van der Waals surface area contributed by atoms with Crippen LogP contribution in [-0.4, -0.2) is 67.8 Å². The average Bonchev–Trinajstić information content (AvgIpc) is 3.48. The van der Waals surface area contributed by atoms with Gasteiger partial charge in [0.05, 0.1) is 20.5 Å². The number of aryl methyl sites for hydroxylation is 2. The number of likely N-dealkylation sites (N-methyl/N-ethyl adjacent to an activating group) is 1. The van der Waals surface area contributed by atoms with E-state index in [0.717, 1.165) is 52.3 Å². The van der Waals surface area contributed by atoms with Crippen molar-refractivity contribution in [1.29, 1.82) is 0 Å². The first-order valence-corrected chi connectivity index (χ1v) is 15.8. The molecule has 1 saturated heterocycles. The molecular formula is C25H33ClN4O3S3. The number of carbonyl (C=O) groups excluding carboxylic acids is 1. The van der Waals surface area contributed by atoms with Crippen molar-refractivity contribution in [2.45, 2.75) is 44.7 Å². The molecule has 0 radical (unpaired) electrons. The summed E-state index contributed by atoms with van der Waals surface area (Å²) in [6, 6.07) is 7.35. The number of piperidine rings is 1. The SMILES string of the molecule is CCN(CC)CCN(C(=O)C1CCCN(S(=O)(=O)c2ccc(Cl)s2)C1)c1nc2c(C)cc(C)cc2s1. The van der Waals surface area contributed by atoms with Crippen LogP contribution in [-0.2, 0) is 14.8 Å². The molecule has 1 fully saturated rings. The number of fused-ring (bicyclic) bond motifs is 1. The average molecular weight is 569 g/mol. The number of thiophene rings is 1. The summed E-state index contributed by atoms with van der Waals surface area (Å²) in [5.41, 5.74) is 3.18. The molecule has 0 spiro atoms. The van der Waals surface area contributed by atoms with Crippen LogP contribution >= 0.6 is 34.3 Å². The maximum atomic E-state index is 14.0. The number of benzene rings is 1. The van der Waals surface area contributed by atoms with Crippen molar-refractivity contribution < 1.29 is 13.2 Å². The normalized spacial score (nSPS) is 17.2. The Labute approximate surface area is 226 Å². The third-order valence-electron chi connectivity index (χ3n) is 6.73. The molecule has 1 aliphatic heterocycles. The van der Waals surface area contributed by atoms with Crippen LogP contribution < -0.4 is 4.90 Å². The van der Waals surface area contributed by atoms with E-state index in [-0.39, 0.29) is 16.7 Å². The minimum absolute atomic E-state index is 0.0558. The fraction of sp³-hybridized carbons (Fsp3) is 0.520. The van der Waals surface area contributed by atoms with Crippen LogP contribution in [0.15, 0.2) is 28.5 Å². The van der Waals surface area contributed by atoms with Gasteiger partial charge in [0.25, 0.3) is 10.0 Å². The first kappa shape index (κ1) is 27.5. The molecule has 0 saturated carbocycles. The van der Waals surface area contributed by atoms with E-state index in [9.17, 15) is 13.2 Å². The molecule has 2 aromatic heterocycles. The maximum absolute atomic E-state index is 14.0. The monoisotopic (exact) mass is 568 g/mol. The molecule has 3 heterocycles. The Morgan fingerprint density at radius 2 is 1.92 bits per heavy atom. The van der Waals surface area contributed by atoms with Gasteiger partial charge in [0, 0.05) is 26.2 Å². The van der Waals surface area contributed by atoms with Gasteiger partial charge in [-0.3, -0.25) is 9.69 Å². The standard InChI is InChI=1S/C25H33ClN4O3S3/c1-5-28(6-2)12-13-30(25-27-23-18(4)14-17(3)15-20(23)34-25)24(31)19-8-7-11-29(16-19)36(32,33)22-10-9-21(26)35-22/h9-10,14-15,19H,5-8,11-13,16H2,1-4H3. The number of aromatic nitrogens is 1. The Hall–Kier alpha value is -1.56. The third-order valence-corrected chi connectivity index (χ3v) is 11.3. The summed E-state index contributed by atoms with van der Waals surface area (Å²) in [7, 11) is -3.69. The number of sulfonamides is 1. The second kappa shape index (κ2) is 11.4. The minimum Gasteiger partial charge on any atom is -0.302 e. The van der Waals surface area contributed by atoms with Crippen LogP contribution in [0.2, 0.25) is 4.34 Å². The van der Waals surface area contributed by atoms with Gasteiger partial charge in [-0.05, 0) is 69.1 Å². The van der Waals surface area contributed by atoms with Gasteiger partial charge >= 0.3 is 0 Å². The number of hydrogen-bond donors (Lipinski definition) is 0. The van der Waals surface area contributed by atoms with Crippen LogP contribution in [0, 0.1) is 19.8 Å². The van der Waals surface area contributed by atoms with Crippen molar-refractivity contribution in [3.63, 3.8) is 0 Å². The Bertz CT molecular complexity index is 1330. The number of thiazole rings is 1. The summed E-state index contributed by atoms with van der Waals surface area (Å²) in [6.07, 6.45) is 1.29.